The highest BCUT2D eigenvalue weighted by Crippen LogP contribution is 2.26. The standard InChI is InChI=1S/C11H12ClN5O2S/c12-11-14-9(16-1-3-20-4-2-16)8-10(15-11)17(6-13-8)5-7(18)19/h6H,1-5H2,(H,18,19). The molecule has 106 valence electrons. The average molecular weight is 314 g/mol. The minimum Gasteiger partial charge on any atom is -0.480 e. The molecule has 1 fully saturated rings. The maximum atomic E-state index is 10.8. The second kappa shape index (κ2) is 5.45. The average Bonchev–Trinajstić information content (AvgIpc) is 2.81. The van der Waals surface area contributed by atoms with Crippen LogP contribution in [0.2, 0.25) is 5.28 Å². The van der Waals surface area contributed by atoms with Gasteiger partial charge in [-0.3, -0.25) is 4.79 Å². The number of thioether (sulfide) groups is 1. The smallest absolute Gasteiger partial charge is 0.323 e. The number of fused-ring (bicyclic) bond motifs is 1. The van der Waals surface area contributed by atoms with E-state index >= 15 is 0 Å². The maximum Gasteiger partial charge on any atom is 0.323 e. The fourth-order valence-electron chi connectivity index (χ4n) is 2.16. The molecule has 2 aromatic heterocycles. The predicted molar refractivity (Wildman–Crippen MR) is 77.5 cm³/mol. The first kappa shape index (κ1) is 13.4. The molecule has 0 spiro atoms. The summed E-state index contributed by atoms with van der Waals surface area (Å²) in [6.07, 6.45) is 1.46. The van der Waals surface area contributed by atoms with Crippen molar-refractivity contribution >= 4 is 46.3 Å². The highest BCUT2D eigenvalue weighted by Gasteiger charge is 2.20. The van der Waals surface area contributed by atoms with Crippen molar-refractivity contribution in [2.75, 3.05) is 29.5 Å². The van der Waals surface area contributed by atoms with Gasteiger partial charge in [-0.2, -0.15) is 21.7 Å². The summed E-state index contributed by atoms with van der Waals surface area (Å²) in [5, 5.41) is 9.00. The Kier molecular flexibility index (Phi) is 3.66. The van der Waals surface area contributed by atoms with Gasteiger partial charge >= 0.3 is 5.97 Å². The molecule has 7 nitrogen and oxygen atoms in total. The van der Waals surface area contributed by atoms with E-state index in [1.54, 1.807) is 0 Å². The van der Waals surface area contributed by atoms with E-state index in [-0.39, 0.29) is 11.8 Å². The molecule has 0 aromatic carbocycles. The van der Waals surface area contributed by atoms with E-state index in [0.29, 0.717) is 17.0 Å². The minimum absolute atomic E-state index is 0.109. The van der Waals surface area contributed by atoms with E-state index in [2.05, 4.69) is 19.9 Å². The molecule has 2 aromatic rings. The summed E-state index contributed by atoms with van der Waals surface area (Å²) in [5.41, 5.74) is 1.06. The van der Waals surface area contributed by atoms with Crippen molar-refractivity contribution in [2.24, 2.45) is 0 Å². The number of hydrogen-bond acceptors (Lipinski definition) is 6. The molecular weight excluding hydrogens is 302 g/mol. The van der Waals surface area contributed by atoms with Gasteiger partial charge in [0.05, 0.1) is 6.33 Å². The van der Waals surface area contributed by atoms with Crippen LogP contribution in [0.25, 0.3) is 11.2 Å². The SMILES string of the molecule is O=C(O)Cn1cnc2c(N3CCSCC3)nc(Cl)nc21. The first-order chi connectivity index (χ1) is 9.65. The van der Waals surface area contributed by atoms with Crippen LogP contribution >= 0.6 is 23.4 Å². The van der Waals surface area contributed by atoms with Gasteiger partial charge in [0.2, 0.25) is 5.28 Å². The summed E-state index contributed by atoms with van der Waals surface area (Å²) in [6, 6.07) is 0. The van der Waals surface area contributed by atoms with Crippen LogP contribution in [0.3, 0.4) is 0 Å². The van der Waals surface area contributed by atoms with Gasteiger partial charge in [-0.25, -0.2) is 4.98 Å². The number of carboxylic acid groups (broad SMARTS) is 1. The molecular formula is C11H12ClN5O2S. The third-order valence-electron chi connectivity index (χ3n) is 3.03. The highest BCUT2D eigenvalue weighted by atomic mass is 35.5. The van der Waals surface area contributed by atoms with Gasteiger partial charge in [0.25, 0.3) is 0 Å². The Morgan fingerprint density at radius 3 is 2.85 bits per heavy atom. The summed E-state index contributed by atoms with van der Waals surface area (Å²) < 4.78 is 1.47. The van der Waals surface area contributed by atoms with E-state index in [4.69, 9.17) is 16.7 Å². The molecule has 9 heteroatoms. The highest BCUT2D eigenvalue weighted by molar-refractivity contribution is 7.99. The summed E-state index contributed by atoms with van der Waals surface area (Å²) >= 11 is 7.86. The predicted octanol–water partition coefficient (Wildman–Crippen LogP) is 1.12. The Labute approximate surface area is 124 Å². The first-order valence-electron chi connectivity index (χ1n) is 6.08. The van der Waals surface area contributed by atoms with Crippen molar-refractivity contribution in [1.29, 1.82) is 0 Å². The van der Waals surface area contributed by atoms with E-state index in [9.17, 15) is 4.79 Å². The quantitative estimate of drug-likeness (QED) is 0.850. The van der Waals surface area contributed by atoms with E-state index in [0.717, 1.165) is 24.6 Å². The summed E-state index contributed by atoms with van der Waals surface area (Å²) in [6.45, 7) is 1.55. The number of imidazole rings is 1. The molecule has 1 saturated heterocycles. The number of aliphatic carboxylic acids is 1. The van der Waals surface area contributed by atoms with E-state index in [1.807, 2.05) is 11.8 Å². The van der Waals surface area contributed by atoms with Crippen molar-refractivity contribution in [3.63, 3.8) is 0 Å². The molecule has 0 radical (unpaired) electrons. The number of nitrogens with zero attached hydrogens (tertiary/aromatic N) is 5. The van der Waals surface area contributed by atoms with Crippen LogP contribution in [0.5, 0.6) is 0 Å². The zero-order valence-corrected chi connectivity index (χ0v) is 12.1. The van der Waals surface area contributed by atoms with Crippen LogP contribution in [-0.4, -0.2) is 55.2 Å². The number of anilines is 1. The zero-order valence-electron chi connectivity index (χ0n) is 10.5. The largest absolute Gasteiger partial charge is 0.480 e. The fourth-order valence-corrected chi connectivity index (χ4v) is 3.22. The van der Waals surface area contributed by atoms with Crippen LogP contribution in [0, 0.1) is 0 Å². The number of rotatable bonds is 3. The van der Waals surface area contributed by atoms with Crippen molar-refractivity contribution in [3.05, 3.63) is 11.6 Å². The lowest BCUT2D eigenvalue weighted by Crippen LogP contribution is -2.33. The van der Waals surface area contributed by atoms with Gasteiger partial charge < -0.3 is 14.6 Å². The molecule has 0 bridgehead atoms. The Hall–Kier alpha value is -1.54. The molecule has 0 saturated carbocycles. The molecule has 1 N–H and O–H groups in total. The molecule has 0 unspecified atom stereocenters. The number of aromatic nitrogens is 4. The number of carboxylic acids is 1. The van der Waals surface area contributed by atoms with Crippen LogP contribution < -0.4 is 4.90 Å². The van der Waals surface area contributed by atoms with Crippen molar-refractivity contribution in [2.45, 2.75) is 6.54 Å². The van der Waals surface area contributed by atoms with Crippen molar-refractivity contribution in [3.8, 4) is 0 Å². The number of hydrogen-bond donors (Lipinski definition) is 1. The molecule has 3 heterocycles. The summed E-state index contributed by atoms with van der Waals surface area (Å²) in [7, 11) is 0. The molecule has 0 aliphatic carbocycles. The Morgan fingerprint density at radius 1 is 1.40 bits per heavy atom. The van der Waals surface area contributed by atoms with E-state index in [1.165, 1.54) is 10.9 Å². The third kappa shape index (κ3) is 2.53. The Morgan fingerprint density at radius 2 is 2.15 bits per heavy atom. The molecule has 1 aliphatic rings. The molecule has 1 aliphatic heterocycles. The second-order valence-corrected chi connectivity index (χ2v) is 5.92. The second-order valence-electron chi connectivity index (χ2n) is 4.35. The van der Waals surface area contributed by atoms with Gasteiger partial charge in [-0.1, -0.05) is 0 Å². The Balaban J connectivity index is 2.07. The Bertz CT molecular complexity index is 656. The van der Waals surface area contributed by atoms with Crippen LogP contribution in [0.1, 0.15) is 0 Å². The fraction of sp³-hybridized carbons (Fsp3) is 0.455. The summed E-state index contributed by atoms with van der Waals surface area (Å²) in [5.74, 6) is 1.79. The van der Waals surface area contributed by atoms with Gasteiger partial charge in [-0.15, -0.1) is 0 Å². The normalized spacial score (nSPS) is 15.8. The summed E-state index contributed by atoms with van der Waals surface area (Å²) in [4.78, 5) is 25.6. The lowest BCUT2D eigenvalue weighted by molar-refractivity contribution is -0.137. The maximum absolute atomic E-state index is 10.8. The number of carbonyl (C=O) groups is 1. The van der Waals surface area contributed by atoms with Crippen LogP contribution in [-0.2, 0) is 11.3 Å². The molecule has 20 heavy (non-hydrogen) atoms. The van der Waals surface area contributed by atoms with E-state index < -0.39 is 5.97 Å². The van der Waals surface area contributed by atoms with Gasteiger partial charge in [0.1, 0.15) is 6.54 Å². The van der Waals surface area contributed by atoms with Crippen LogP contribution in [0.4, 0.5) is 5.82 Å². The lowest BCUT2D eigenvalue weighted by Gasteiger charge is -2.27. The molecule has 0 amide bonds. The first-order valence-corrected chi connectivity index (χ1v) is 7.61. The molecule has 3 rings (SSSR count). The van der Waals surface area contributed by atoms with Crippen molar-refractivity contribution in [1.82, 2.24) is 19.5 Å². The van der Waals surface area contributed by atoms with Gasteiger partial charge in [0, 0.05) is 24.6 Å². The van der Waals surface area contributed by atoms with Crippen molar-refractivity contribution < 1.29 is 9.90 Å². The van der Waals surface area contributed by atoms with Gasteiger partial charge in [0.15, 0.2) is 17.0 Å². The van der Waals surface area contributed by atoms with Gasteiger partial charge in [-0.05, 0) is 11.6 Å². The topological polar surface area (TPSA) is 84.1 Å². The lowest BCUT2D eigenvalue weighted by atomic mass is 10.4. The monoisotopic (exact) mass is 313 g/mol. The molecule has 0 atom stereocenters. The third-order valence-corrected chi connectivity index (χ3v) is 4.15. The zero-order chi connectivity index (χ0) is 14.1. The van der Waals surface area contributed by atoms with Crippen LogP contribution in [0.15, 0.2) is 6.33 Å². The minimum atomic E-state index is -0.949. The number of halogens is 1.